The number of carboxylic acid groups (broad SMARTS) is 1. The number of halogens is 1. The number of benzene rings is 1. The van der Waals surface area contributed by atoms with Gasteiger partial charge in [0.2, 0.25) is 0 Å². The molecular weight excluding hydrogens is 240 g/mol. The van der Waals surface area contributed by atoms with Gasteiger partial charge in [0.1, 0.15) is 11.5 Å². The molecule has 1 N–H and O–H groups in total. The van der Waals surface area contributed by atoms with Crippen molar-refractivity contribution in [2.24, 2.45) is 0 Å². The average Bonchev–Trinajstić information content (AvgIpc) is 2.64. The average molecular weight is 251 g/mol. The number of rotatable bonds is 3. The first-order chi connectivity index (χ1) is 8.09. The SMILES string of the molecule is Cc1ncc(C(=O)O)n1Cc1ccccc1Cl. The molecule has 0 saturated carbocycles. The molecule has 0 saturated heterocycles. The van der Waals surface area contributed by atoms with Crippen LogP contribution in [0.25, 0.3) is 0 Å². The summed E-state index contributed by atoms with van der Waals surface area (Å²) in [4.78, 5) is 15.0. The van der Waals surface area contributed by atoms with Gasteiger partial charge in [0.05, 0.1) is 12.7 Å². The highest BCUT2D eigenvalue weighted by molar-refractivity contribution is 6.31. The number of carbonyl (C=O) groups is 1. The van der Waals surface area contributed by atoms with Crippen molar-refractivity contribution < 1.29 is 9.90 Å². The van der Waals surface area contributed by atoms with Crippen LogP contribution in [0.15, 0.2) is 30.5 Å². The molecule has 88 valence electrons. The minimum Gasteiger partial charge on any atom is -0.477 e. The van der Waals surface area contributed by atoms with Crippen molar-refractivity contribution in [1.29, 1.82) is 0 Å². The van der Waals surface area contributed by atoms with Crippen LogP contribution in [0.2, 0.25) is 5.02 Å². The Morgan fingerprint density at radius 3 is 2.82 bits per heavy atom. The predicted octanol–water partition coefficient (Wildman–Crippen LogP) is 2.59. The molecule has 2 rings (SSSR count). The number of hydrogen-bond acceptors (Lipinski definition) is 2. The molecule has 1 aromatic carbocycles. The minimum absolute atomic E-state index is 0.169. The summed E-state index contributed by atoms with van der Waals surface area (Å²) in [6.45, 7) is 2.18. The quantitative estimate of drug-likeness (QED) is 0.911. The van der Waals surface area contributed by atoms with Gasteiger partial charge in [-0.15, -0.1) is 0 Å². The van der Waals surface area contributed by atoms with Gasteiger partial charge in [-0.05, 0) is 18.6 Å². The van der Waals surface area contributed by atoms with E-state index in [-0.39, 0.29) is 5.69 Å². The first-order valence-electron chi connectivity index (χ1n) is 5.08. The number of hydrogen-bond donors (Lipinski definition) is 1. The van der Waals surface area contributed by atoms with Crippen molar-refractivity contribution in [3.05, 3.63) is 52.6 Å². The fraction of sp³-hybridized carbons (Fsp3) is 0.167. The fourth-order valence-electron chi connectivity index (χ4n) is 1.64. The molecule has 0 bridgehead atoms. The summed E-state index contributed by atoms with van der Waals surface area (Å²) in [5, 5.41) is 9.65. The van der Waals surface area contributed by atoms with Crippen LogP contribution in [0.1, 0.15) is 21.9 Å². The maximum Gasteiger partial charge on any atom is 0.354 e. The van der Waals surface area contributed by atoms with Crippen molar-refractivity contribution in [2.75, 3.05) is 0 Å². The van der Waals surface area contributed by atoms with Gasteiger partial charge in [0.25, 0.3) is 0 Å². The molecule has 1 aromatic heterocycles. The zero-order valence-electron chi connectivity index (χ0n) is 9.22. The van der Waals surface area contributed by atoms with E-state index in [1.807, 2.05) is 18.2 Å². The Balaban J connectivity index is 2.39. The van der Waals surface area contributed by atoms with Crippen LogP contribution in [0.4, 0.5) is 0 Å². The number of carboxylic acids is 1. The van der Waals surface area contributed by atoms with E-state index in [2.05, 4.69) is 4.98 Å². The van der Waals surface area contributed by atoms with Crippen molar-refractivity contribution >= 4 is 17.6 Å². The molecule has 0 spiro atoms. The molecule has 0 radical (unpaired) electrons. The molecule has 0 aliphatic carbocycles. The number of nitrogens with zero attached hydrogens (tertiary/aromatic N) is 2. The van der Waals surface area contributed by atoms with Gasteiger partial charge < -0.3 is 9.67 Å². The molecule has 0 unspecified atom stereocenters. The summed E-state index contributed by atoms with van der Waals surface area (Å²) < 4.78 is 1.63. The molecule has 0 fully saturated rings. The van der Waals surface area contributed by atoms with Gasteiger partial charge in [-0.2, -0.15) is 0 Å². The molecule has 0 atom stereocenters. The van der Waals surface area contributed by atoms with Gasteiger partial charge in [-0.3, -0.25) is 0 Å². The molecule has 5 heteroatoms. The van der Waals surface area contributed by atoms with Crippen LogP contribution in [0.5, 0.6) is 0 Å². The highest BCUT2D eigenvalue weighted by Crippen LogP contribution is 2.18. The topological polar surface area (TPSA) is 55.1 Å². The number of aromatic nitrogens is 2. The van der Waals surface area contributed by atoms with Gasteiger partial charge in [-0.25, -0.2) is 9.78 Å². The van der Waals surface area contributed by atoms with Crippen molar-refractivity contribution in [3.8, 4) is 0 Å². The minimum atomic E-state index is -0.988. The third-order valence-electron chi connectivity index (χ3n) is 2.56. The Hall–Kier alpha value is -1.81. The normalized spacial score (nSPS) is 10.5. The van der Waals surface area contributed by atoms with E-state index in [0.717, 1.165) is 5.56 Å². The molecule has 0 aliphatic heterocycles. The lowest BCUT2D eigenvalue weighted by atomic mass is 10.2. The molecule has 1 heterocycles. The molecular formula is C12H11ClN2O2. The molecule has 2 aromatic rings. The highest BCUT2D eigenvalue weighted by Gasteiger charge is 2.14. The van der Waals surface area contributed by atoms with Crippen LogP contribution in [0.3, 0.4) is 0 Å². The van der Waals surface area contributed by atoms with E-state index in [9.17, 15) is 4.79 Å². The first kappa shape index (κ1) is 11.7. The second-order valence-corrected chi connectivity index (χ2v) is 4.08. The van der Waals surface area contributed by atoms with Crippen LogP contribution >= 0.6 is 11.6 Å². The van der Waals surface area contributed by atoms with Crippen molar-refractivity contribution in [1.82, 2.24) is 9.55 Å². The predicted molar refractivity (Wildman–Crippen MR) is 64.5 cm³/mol. The molecule has 0 aliphatic rings. The summed E-state index contributed by atoms with van der Waals surface area (Å²) >= 11 is 6.04. The molecule has 17 heavy (non-hydrogen) atoms. The van der Waals surface area contributed by atoms with E-state index in [0.29, 0.717) is 17.4 Å². The highest BCUT2D eigenvalue weighted by atomic mass is 35.5. The van der Waals surface area contributed by atoms with Gasteiger partial charge in [0, 0.05) is 5.02 Å². The van der Waals surface area contributed by atoms with Crippen LogP contribution in [0, 0.1) is 6.92 Å². The second-order valence-electron chi connectivity index (χ2n) is 3.67. The third-order valence-corrected chi connectivity index (χ3v) is 2.93. The summed E-state index contributed by atoms with van der Waals surface area (Å²) in [6.07, 6.45) is 1.36. The number of aryl methyl sites for hydroxylation is 1. The smallest absolute Gasteiger partial charge is 0.354 e. The lowest BCUT2D eigenvalue weighted by Crippen LogP contribution is -2.11. The van der Waals surface area contributed by atoms with E-state index in [1.165, 1.54) is 6.20 Å². The zero-order chi connectivity index (χ0) is 12.4. The maximum absolute atomic E-state index is 11.0. The van der Waals surface area contributed by atoms with E-state index in [4.69, 9.17) is 16.7 Å². The Morgan fingerprint density at radius 1 is 1.47 bits per heavy atom. The lowest BCUT2D eigenvalue weighted by molar-refractivity contribution is 0.0685. The Morgan fingerprint density at radius 2 is 2.18 bits per heavy atom. The van der Waals surface area contributed by atoms with Crippen LogP contribution in [-0.4, -0.2) is 20.6 Å². The second kappa shape index (κ2) is 4.59. The zero-order valence-corrected chi connectivity index (χ0v) is 9.98. The molecule has 4 nitrogen and oxygen atoms in total. The lowest BCUT2D eigenvalue weighted by Gasteiger charge is -2.09. The standard InChI is InChI=1S/C12H11ClN2O2/c1-8-14-6-11(12(16)17)15(8)7-9-4-2-3-5-10(9)13/h2-6H,7H2,1H3,(H,16,17). The van der Waals surface area contributed by atoms with E-state index < -0.39 is 5.97 Å². The van der Waals surface area contributed by atoms with Crippen LogP contribution in [-0.2, 0) is 6.54 Å². The monoisotopic (exact) mass is 250 g/mol. The summed E-state index contributed by atoms with van der Waals surface area (Å²) in [5.41, 5.74) is 1.04. The van der Waals surface area contributed by atoms with Gasteiger partial charge in [0.15, 0.2) is 0 Å². The summed E-state index contributed by atoms with van der Waals surface area (Å²) in [6, 6.07) is 7.36. The van der Waals surface area contributed by atoms with Gasteiger partial charge in [-0.1, -0.05) is 29.8 Å². The Labute approximate surface area is 103 Å². The van der Waals surface area contributed by atoms with Gasteiger partial charge >= 0.3 is 5.97 Å². The molecule has 0 amide bonds. The summed E-state index contributed by atoms with van der Waals surface area (Å²) in [5.74, 6) is -0.333. The summed E-state index contributed by atoms with van der Waals surface area (Å²) in [7, 11) is 0. The number of aromatic carboxylic acids is 1. The van der Waals surface area contributed by atoms with E-state index in [1.54, 1.807) is 17.6 Å². The Bertz CT molecular complexity index is 563. The van der Waals surface area contributed by atoms with Crippen molar-refractivity contribution in [2.45, 2.75) is 13.5 Å². The number of imidazole rings is 1. The van der Waals surface area contributed by atoms with Crippen molar-refractivity contribution in [3.63, 3.8) is 0 Å². The maximum atomic E-state index is 11.0. The largest absolute Gasteiger partial charge is 0.477 e. The fourth-order valence-corrected chi connectivity index (χ4v) is 1.83. The van der Waals surface area contributed by atoms with E-state index >= 15 is 0 Å². The first-order valence-corrected chi connectivity index (χ1v) is 5.46. The Kier molecular flexibility index (Phi) is 3.15. The third kappa shape index (κ3) is 2.31. The van der Waals surface area contributed by atoms with Crippen LogP contribution < -0.4 is 0 Å².